The number of hydrogen-bond acceptors (Lipinski definition) is 4. The second-order valence-corrected chi connectivity index (χ2v) is 9.88. The molecule has 1 aromatic carbocycles. The summed E-state index contributed by atoms with van der Waals surface area (Å²) in [6.45, 7) is 4.65. The van der Waals surface area contributed by atoms with Crippen LogP contribution >= 0.6 is 11.8 Å². The van der Waals surface area contributed by atoms with E-state index in [0.29, 0.717) is 21.6 Å². The number of sulfone groups is 1. The van der Waals surface area contributed by atoms with Gasteiger partial charge in [0.25, 0.3) is 0 Å². The minimum atomic E-state index is -3.11. The standard InChI is InChI=1S/C16H25NO2S2/c1-16(2)11-5-6-14(15(16)17-3)20-12-7-9-13(10-8-12)21(4,18)19/h7-10,14-15,17H,5-6,11H2,1-4H3. The van der Waals surface area contributed by atoms with Crippen LogP contribution in [0.1, 0.15) is 33.1 Å². The molecule has 1 N–H and O–H groups in total. The maximum Gasteiger partial charge on any atom is 0.175 e. The molecule has 1 fully saturated rings. The third-order valence-corrected chi connectivity index (χ3v) is 6.86. The van der Waals surface area contributed by atoms with Crippen molar-refractivity contribution in [3.8, 4) is 0 Å². The Balaban J connectivity index is 2.14. The van der Waals surface area contributed by atoms with Crippen LogP contribution in [0.2, 0.25) is 0 Å². The SMILES string of the molecule is CNC1C(Sc2ccc(S(C)(=O)=O)cc2)CCCC1(C)C. The van der Waals surface area contributed by atoms with Crippen molar-refractivity contribution in [1.82, 2.24) is 5.32 Å². The lowest BCUT2D eigenvalue weighted by Crippen LogP contribution is -2.49. The van der Waals surface area contributed by atoms with Gasteiger partial charge in [0.2, 0.25) is 0 Å². The third kappa shape index (κ3) is 4.02. The molecule has 3 nitrogen and oxygen atoms in total. The monoisotopic (exact) mass is 327 g/mol. The van der Waals surface area contributed by atoms with Crippen LogP contribution in [0.15, 0.2) is 34.1 Å². The molecule has 2 atom stereocenters. The van der Waals surface area contributed by atoms with Crippen LogP contribution in [-0.2, 0) is 9.84 Å². The van der Waals surface area contributed by atoms with E-state index in [9.17, 15) is 8.42 Å². The summed E-state index contributed by atoms with van der Waals surface area (Å²) in [5, 5.41) is 4.01. The normalized spacial score (nSPS) is 25.7. The molecule has 5 heteroatoms. The number of nitrogens with one attached hydrogen (secondary N) is 1. The lowest BCUT2D eigenvalue weighted by atomic mass is 9.73. The topological polar surface area (TPSA) is 46.2 Å². The molecule has 2 unspecified atom stereocenters. The molecular formula is C16H25NO2S2. The van der Waals surface area contributed by atoms with Crippen LogP contribution in [0.3, 0.4) is 0 Å². The molecule has 0 amide bonds. The van der Waals surface area contributed by atoms with E-state index in [1.807, 2.05) is 30.9 Å². The van der Waals surface area contributed by atoms with Crippen LogP contribution in [0.4, 0.5) is 0 Å². The predicted molar refractivity (Wildman–Crippen MR) is 89.7 cm³/mol. The lowest BCUT2D eigenvalue weighted by molar-refractivity contribution is 0.182. The molecule has 0 bridgehead atoms. The maximum absolute atomic E-state index is 11.5. The van der Waals surface area contributed by atoms with E-state index >= 15 is 0 Å². The van der Waals surface area contributed by atoms with E-state index in [-0.39, 0.29) is 0 Å². The molecule has 0 heterocycles. The van der Waals surface area contributed by atoms with Gasteiger partial charge in [-0.1, -0.05) is 20.3 Å². The minimum absolute atomic E-state index is 0.303. The molecule has 0 aliphatic heterocycles. The zero-order valence-electron chi connectivity index (χ0n) is 13.2. The van der Waals surface area contributed by atoms with Gasteiger partial charge in [-0.05, 0) is 49.6 Å². The fourth-order valence-electron chi connectivity index (χ4n) is 3.23. The van der Waals surface area contributed by atoms with Gasteiger partial charge < -0.3 is 5.32 Å². The Kier molecular flexibility index (Phi) is 5.06. The highest BCUT2D eigenvalue weighted by atomic mass is 32.2. The van der Waals surface area contributed by atoms with Gasteiger partial charge in [-0.2, -0.15) is 0 Å². The molecule has 2 rings (SSSR count). The van der Waals surface area contributed by atoms with E-state index in [4.69, 9.17) is 0 Å². The Bertz CT molecular complexity index is 579. The van der Waals surface area contributed by atoms with Gasteiger partial charge >= 0.3 is 0 Å². The Morgan fingerprint density at radius 3 is 2.38 bits per heavy atom. The first-order valence-electron chi connectivity index (χ1n) is 7.38. The Morgan fingerprint density at radius 2 is 1.86 bits per heavy atom. The minimum Gasteiger partial charge on any atom is -0.315 e. The van der Waals surface area contributed by atoms with Gasteiger partial charge in [-0.3, -0.25) is 0 Å². The zero-order valence-corrected chi connectivity index (χ0v) is 14.9. The van der Waals surface area contributed by atoms with Gasteiger partial charge in [0.1, 0.15) is 0 Å². The molecule has 1 saturated carbocycles. The molecule has 118 valence electrons. The molecule has 0 spiro atoms. The highest BCUT2D eigenvalue weighted by Crippen LogP contribution is 2.42. The molecule has 1 aliphatic carbocycles. The van der Waals surface area contributed by atoms with E-state index in [2.05, 4.69) is 19.2 Å². The number of thioether (sulfide) groups is 1. The summed E-state index contributed by atoms with van der Waals surface area (Å²) in [6, 6.07) is 7.75. The Morgan fingerprint density at radius 1 is 1.24 bits per heavy atom. The van der Waals surface area contributed by atoms with E-state index in [0.717, 1.165) is 4.90 Å². The third-order valence-electron chi connectivity index (χ3n) is 4.37. The van der Waals surface area contributed by atoms with E-state index < -0.39 is 9.84 Å². The van der Waals surface area contributed by atoms with Crippen LogP contribution in [0.25, 0.3) is 0 Å². The summed E-state index contributed by atoms with van der Waals surface area (Å²) in [7, 11) is -1.07. The van der Waals surface area contributed by atoms with Crippen molar-refractivity contribution in [2.45, 2.75) is 54.2 Å². The number of rotatable bonds is 4. The second-order valence-electron chi connectivity index (χ2n) is 6.55. The maximum atomic E-state index is 11.5. The van der Waals surface area contributed by atoms with Gasteiger partial charge in [0, 0.05) is 22.4 Å². The molecule has 21 heavy (non-hydrogen) atoms. The first kappa shape index (κ1) is 16.8. The van der Waals surface area contributed by atoms with E-state index in [1.54, 1.807) is 12.1 Å². The van der Waals surface area contributed by atoms with Crippen molar-refractivity contribution in [2.24, 2.45) is 5.41 Å². The van der Waals surface area contributed by atoms with Crippen molar-refractivity contribution >= 4 is 21.6 Å². The van der Waals surface area contributed by atoms with Crippen LogP contribution in [0.5, 0.6) is 0 Å². The largest absolute Gasteiger partial charge is 0.315 e. The summed E-state index contributed by atoms with van der Waals surface area (Å²) in [5.41, 5.74) is 0.303. The van der Waals surface area contributed by atoms with Crippen molar-refractivity contribution < 1.29 is 8.42 Å². The molecule has 1 aromatic rings. The van der Waals surface area contributed by atoms with Gasteiger partial charge in [-0.25, -0.2) is 8.42 Å². The Hall–Kier alpha value is -0.520. The summed E-state index contributed by atoms with van der Waals surface area (Å²) in [6.07, 6.45) is 4.95. The smallest absolute Gasteiger partial charge is 0.175 e. The first-order valence-corrected chi connectivity index (χ1v) is 10.2. The highest BCUT2D eigenvalue weighted by Gasteiger charge is 2.38. The second kappa shape index (κ2) is 6.31. The predicted octanol–water partition coefficient (Wildman–Crippen LogP) is 3.35. The van der Waals surface area contributed by atoms with Crippen molar-refractivity contribution in [1.29, 1.82) is 0 Å². The molecule has 0 saturated heterocycles. The number of benzene rings is 1. The molecule has 0 aromatic heterocycles. The molecule has 1 aliphatic rings. The average molecular weight is 328 g/mol. The zero-order chi connectivity index (χ0) is 15.7. The van der Waals surface area contributed by atoms with Crippen molar-refractivity contribution in [3.63, 3.8) is 0 Å². The fraction of sp³-hybridized carbons (Fsp3) is 0.625. The number of hydrogen-bond donors (Lipinski definition) is 1. The van der Waals surface area contributed by atoms with Crippen molar-refractivity contribution in [3.05, 3.63) is 24.3 Å². The van der Waals surface area contributed by atoms with Gasteiger partial charge in [-0.15, -0.1) is 11.8 Å². The summed E-state index contributed by atoms with van der Waals surface area (Å²) >= 11 is 1.86. The van der Waals surface area contributed by atoms with Crippen LogP contribution in [-0.4, -0.2) is 33.0 Å². The Labute approximate surface area is 132 Å². The summed E-state index contributed by atoms with van der Waals surface area (Å²) in [5.74, 6) is 0. The average Bonchev–Trinajstić information content (AvgIpc) is 2.37. The first-order chi connectivity index (χ1) is 9.74. The van der Waals surface area contributed by atoms with Crippen LogP contribution < -0.4 is 5.32 Å². The van der Waals surface area contributed by atoms with E-state index in [1.165, 1.54) is 25.5 Å². The van der Waals surface area contributed by atoms with Crippen LogP contribution in [0, 0.1) is 5.41 Å². The molecular weight excluding hydrogens is 302 g/mol. The summed E-state index contributed by atoms with van der Waals surface area (Å²) in [4.78, 5) is 1.53. The quantitative estimate of drug-likeness (QED) is 0.921. The molecule has 0 radical (unpaired) electrons. The lowest BCUT2D eigenvalue weighted by Gasteiger charge is -2.43. The van der Waals surface area contributed by atoms with Gasteiger partial charge in [0.05, 0.1) is 4.90 Å². The fourth-order valence-corrected chi connectivity index (χ4v) is 5.43. The highest BCUT2D eigenvalue weighted by molar-refractivity contribution is 8.00. The van der Waals surface area contributed by atoms with Gasteiger partial charge in [0.15, 0.2) is 9.84 Å². The summed E-state index contributed by atoms with van der Waals surface area (Å²) < 4.78 is 23.0. The van der Waals surface area contributed by atoms with Crippen molar-refractivity contribution in [2.75, 3.05) is 13.3 Å².